The van der Waals surface area contributed by atoms with Crippen LogP contribution in [0.1, 0.15) is 22.8 Å². The zero-order valence-electron chi connectivity index (χ0n) is 9.22. The van der Waals surface area contributed by atoms with Crippen molar-refractivity contribution in [2.24, 2.45) is 0 Å². The van der Waals surface area contributed by atoms with E-state index in [1.165, 1.54) is 20.1 Å². The lowest BCUT2D eigenvalue weighted by Crippen LogP contribution is -2.21. The maximum Gasteiger partial charge on any atom is 0.418 e. The molecule has 1 rings (SSSR count). The van der Waals surface area contributed by atoms with Crippen LogP contribution in [0.25, 0.3) is 0 Å². The molecule has 0 aliphatic heterocycles. The highest BCUT2D eigenvalue weighted by molar-refractivity contribution is 5.44. The molecule has 1 atom stereocenters. The van der Waals surface area contributed by atoms with E-state index < -0.39 is 12.3 Å². The molecule has 90 valence electrons. The number of alkyl halides is 3. The number of benzene rings is 1. The van der Waals surface area contributed by atoms with Gasteiger partial charge in [-0.2, -0.15) is 13.2 Å². The van der Waals surface area contributed by atoms with E-state index in [-0.39, 0.29) is 11.3 Å². The van der Waals surface area contributed by atoms with E-state index in [2.05, 4.69) is 0 Å². The van der Waals surface area contributed by atoms with E-state index in [0.717, 1.165) is 5.56 Å². The third kappa shape index (κ3) is 2.47. The topological polar surface area (TPSA) is 29.5 Å². The summed E-state index contributed by atoms with van der Waals surface area (Å²) in [6, 6.07) is 3.05. The number of aliphatic hydroxyl groups excluding tert-OH is 1. The zero-order valence-corrected chi connectivity index (χ0v) is 9.22. The van der Waals surface area contributed by atoms with Crippen LogP contribution < -0.4 is 4.74 Å². The van der Waals surface area contributed by atoms with Gasteiger partial charge in [-0.3, -0.25) is 0 Å². The van der Waals surface area contributed by atoms with Crippen LogP contribution >= 0.6 is 0 Å². The highest BCUT2D eigenvalue weighted by Gasteiger charge is 2.41. The molecule has 2 nitrogen and oxygen atoms in total. The fraction of sp³-hybridized carbons (Fsp3) is 0.455. The fourth-order valence-corrected chi connectivity index (χ4v) is 1.62. The number of hydrogen-bond acceptors (Lipinski definition) is 2. The van der Waals surface area contributed by atoms with Crippen molar-refractivity contribution in [1.29, 1.82) is 0 Å². The van der Waals surface area contributed by atoms with E-state index in [4.69, 9.17) is 4.74 Å². The molecule has 0 aliphatic carbocycles. The molecular weight excluding hydrogens is 221 g/mol. The average Bonchev–Trinajstić information content (AvgIpc) is 2.14. The molecule has 0 aliphatic rings. The van der Waals surface area contributed by atoms with Crippen molar-refractivity contribution in [1.82, 2.24) is 0 Å². The lowest BCUT2D eigenvalue weighted by Gasteiger charge is -2.20. The monoisotopic (exact) mass is 234 g/mol. The standard InChI is InChI=1S/C11H13F3O2/c1-6-4-7(2)9(8(5-6)16-3)10(15)11(12,13)14/h4-5,10,15H,1-3H3. The van der Waals surface area contributed by atoms with Gasteiger partial charge in [-0.05, 0) is 31.0 Å². The van der Waals surface area contributed by atoms with Crippen LogP contribution in [-0.2, 0) is 0 Å². The summed E-state index contributed by atoms with van der Waals surface area (Å²) in [6.07, 6.45) is -7.20. The quantitative estimate of drug-likeness (QED) is 0.852. The third-order valence-corrected chi connectivity index (χ3v) is 2.30. The Balaban J connectivity index is 3.32. The molecule has 0 heterocycles. The predicted octanol–water partition coefficient (Wildman–Crippen LogP) is 2.91. The number of rotatable bonds is 2. The van der Waals surface area contributed by atoms with Crippen molar-refractivity contribution >= 4 is 0 Å². The van der Waals surface area contributed by atoms with E-state index >= 15 is 0 Å². The molecule has 0 amide bonds. The number of aliphatic hydroxyl groups is 1. The van der Waals surface area contributed by atoms with Crippen LogP contribution in [0.3, 0.4) is 0 Å². The summed E-state index contributed by atoms with van der Waals surface area (Å²) in [4.78, 5) is 0. The van der Waals surface area contributed by atoms with Crippen molar-refractivity contribution in [3.63, 3.8) is 0 Å². The van der Waals surface area contributed by atoms with Gasteiger partial charge in [0.1, 0.15) is 5.75 Å². The minimum absolute atomic E-state index is 0.0577. The van der Waals surface area contributed by atoms with Crippen LogP contribution in [0, 0.1) is 13.8 Å². The second-order valence-electron chi connectivity index (χ2n) is 3.64. The Morgan fingerprint density at radius 1 is 1.25 bits per heavy atom. The first-order valence-corrected chi connectivity index (χ1v) is 4.67. The first kappa shape index (κ1) is 12.8. The second kappa shape index (κ2) is 4.33. The molecule has 1 unspecified atom stereocenters. The molecule has 5 heteroatoms. The van der Waals surface area contributed by atoms with Crippen molar-refractivity contribution in [2.75, 3.05) is 7.11 Å². The Morgan fingerprint density at radius 3 is 2.25 bits per heavy atom. The Labute approximate surface area is 91.7 Å². The van der Waals surface area contributed by atoms with E-state index in [0.29, 0.717) is 5.56 Å². The average molecular weight is 234 g/mol. The minimum Gasteiger partial charge on any atom is -0.496 e. The second-order valence-corrected chi connectivity index (χ2v) is 3.64. The molecule has 0 aromatic heterocycles. The molecular formula is C11H13F3O2. The summed E-state index contributed by atoms with van der Waals surface area (Å²) >= 11 is 0. The highest BCUT2D eigenvalue weighted by atomic mass is 19.4. The van der Waals surface area contributed by atoms with Gasteiger partial charge in [-0.25, -0.2) is 0 Å². The first-order valence-electron chi connectivity index (χ1n) is 4.67. The summed E-state index contributed by atoms with van der Waals surface area (Å²) in [5, 5.41) is 9.24. The molecule has 0 saturated heterocycles. The van der Waals surface area contributed by atoms with Gasteiger partial charge in [-0.1, -0.05) is 6.07 Å². The highest BCUT2D eigenvalue weighted by Crippen LogP contribution is 2.39. The molecule has 0 fully saturated rings. The van der Waals surface area contributed by atoms with Crippen molar-refractivity contribution < 1.29 is 23.0 Å². The van der Waals surface area contributed by atoms with Gasteiger partial charge in [0.05, 0.1) is 7.11 Å². The van der Waals surface area contributed by atoms with Crippen molar-refractivity contribution in [3.05, 3.63) is 28.8 Å². The summed E-state index contributed by atoms with van der Waals surface area (Å²) in [5.74, 6) is 0.0577. The van der Waals surface area contributed by atoms with Crippen LogP contribution in [0.5, 0.6) is 5.75 Å². The maximum absolute atomic E-state index is 12.4. The Kier molecular flexibility index (Phi) is 3.48. The van der Waals surface area contributed by atoms with Gasteiger partial charge >= 0.3 is 6.18 Å². The molecule has 1 N–H and O–H groups in total. The van der Waals surface area contributed by atoms with Gasteiger partial charge in [0.15, 0.2) is 6.10 Å². The van der Waals surface area contributed by atoms with Gasteiger partial charge in [-0.15, -0.1) is 0 Å². The Morgan fingerprint density at radius 2 is 1.81 bits per heavy atom. The van der Waals surface area contributed by atoms with Crippen molar-refractivity contribution in [3.8, 4) is 5.75 Å². The van der Waals surface area contributed by atoms with Crippen LogP contribution in [-0.4, -0.2) is 18.4 Å². The zero-order chi connectivity index (χ0) is 12.5. The van der Waals surface area contributed by atoms with Crippen LogP contribution in [0.2, 0.25) is 0 Å². The Bertz CT molecular complexity index is 386. The molecule has 0 saturated carbocycles. The molecule has 1 aromatic rings. The molecule has 0 bridgehead atoms. The number of hydrogen-bond donors (Lipinski definition) is 1. The summed E-state index contributed by atoms with van der Waals surface area (Å²) in [5.41, 5.74) is 0.926. The van der Waals surface area contributed by atoms with Gasteiger partial charge in [0.25, 0.3) is 0 Å². The molecule has 1 aromatic carbocycles. The van der Waals surface area contributed by atoms with E-state index in [9.17, 15) is 18.3 Å². The molecule has 16 heavy (non-hydrogen) atoms. The van der Waals surface area contributed by atoms with Gasteiger partial charge in [0.2, 0.25) is 0 Å². The molecule has 0 spiro atoms. The van der Waals surface area contributed by atoms with Crippen LogP contribution in [0.4, 0.5) is 13.2 Å². The predicted molar refractivity (Wildman–Crippen MR) is 53.5 cm³/mol. The lowest BCUT2D eigenvalue weighted by molar-refractivity contribution is -0.207. The Hall–Kier alpha value is -1.23. The van der Waals surface area contributed by atoms with E-state index in [1.807, 2.05) is 0 Å². The number of methoxy groups -OCH3 is 1. The normalized spacial score (nSPS) is 13.7. The number of aryl methyl sites for hydroxylation is 2. The first-order chi connectivity index (χ1) is 7.27. The van der Waals surface area contributed by atoms with Gasteiger partial charge < -0.3 is 9.84 Å². The maximum atomic E-state index is 12.4. The lowest BCUT2D eigenvalue weighted by atomic mass is 9.99. The third-order valence-electron chi connectivity index (χ3n) is 2.30. The number of halogens is 3. The van der Waals surface area contributed by atoms with Crippen LogP contribution in [0.15, 0.2) is 12.1 Å². The molecule has 0 radical (unpaired) electrons. The SMILES string of the molecule is COc1cc(C)cc(C)c1C(O)C(F)(F)F. The van der Waals surface area contributed by atoms with E-state index in [1.54, 1.807) is 13.0 Å². The fourth-order valence-electron chi connectivity index (χ4n) is 1.62. The number of ether oxygens (including phenoxy) is 1. The summed E-state index contributed by atoms with van der Waals surface area (Å²) < 4.78 is 42.1. The minimum atomic E-state index is -4.69. The largest absolute Gasteiger partial charge is 0.496 e. The van der Waals surface area contributed by atoms with Crippen molar-refractivity contribution in [2.45, 2.75) is 26.1 Å². The summed E-state index contributed by atoms with van der Waals surface area (Å²) in [7, 11) is 1.28. The smallest absolute Gasteiger partial charge is 0.418 e. The van der Waals surface area contributed by atoms with Gasteiger partial charge in [0, 0.05) is 5.56 Å². The summed E-state index contributed by atoms with van der Waals surface area (Å²) in [6.45, 7) is 3.26.